The van der Waals surface area contributed by atoms with Crippen molar-refractivity contribution in [2.24, 2.45) is 5.92 Å². The first-order valence-electron chi connectivity index (χ1n) is 10.6. The number of carbonyl (C=O) groups excluding carboxylic acids is 2. The van der Waals surface area contributed by atoms with E-state index in [1.165, 1.54) is 0 Å². The first kappa shape index (κ1) is 22.6. The minimum Gasteiger partial charge on any atom is -0.486 e. The normalized spacial score (nSPS) is 13.7. The van der Waals surface area contributed by atoms with Crippen molar-refractivity contribution in [1.29, 1.82) is 0 Å². The molecular formula is C24H31N3O4. The summed E-state index contributed by atoms with van der Waals surface area (Å²) >= 11 is 0. The second-order valence-electron chi connectivity index (χ2n) is 8.14. The van der Waals surface area contributed by atoms with Crippen LogP contribution < -0.4 is 20.1 Å². The summed E-state index contributed by atoms with van der Waals surface area (Å²) in [6.07, 6.45) is 0. The van der Waals surface area contributed by atoms with Gasteiger partial charge in [-0.25, -0.2) is 0 Å². The number of hydrogen-bond donors (Lipinski definition) is 2. The molecule has 31 heavy (non-hydrogen) atoms. The number of ether oxygens (including phenoxy) is 2. The Labute approximate surface area is 183 Å². The third-order valence-corrected chi connectivity index (χ3v) is 5.22. The quantitative estimate of drug-likeness (QED) is 0.680. The number of fused-ring (bicyclic) bond motifs is 1. The molecule has 166 valence electrons. The lowest BCUT2D eigenvalue weighted by Gasteiger charge is -2.26. The molecule has 0 bridgehead atoms. The number of carbonyl (C=O) groups is 2. The maximum atomic E-state index is 12.7. The molecule has 0 radical (unpaired) electrons. The minimum absolute atomic E-state index is 0.0435. The van der Waals surface area contributed by atoms with Gasteiger partial charge in [0, 0.05) is 19.2 Å². The van der Waals surface area contributed by atoms with E-state index in [-0.39, 0.29) is 30.3 Å². The van der Waals surface area contributed by atoms with Crippen LogP contribution in [0.2, 0.25) is 0 Å². The van der Waals surface area contributed by atoms with Gasteiger partial charge in [0.1, 0.15) is 13.2 Å². The Kier molecular flexibility index (Phi) is 7.52. The molecule has 1 aliphatic rings. The average molecular weight is 426 g/mol. The van der Waals surface area contributed by atoms with Crippen molar-refractivity contribution in [1.82, 2.24) is 15.5 Å². The van der Waals surface area contributed by atoms with Crippen LogP contribution in [0.4, 0.5) is 0 Å². The van der Waals surface area contributed by atoms with Gasteiger partial charge in [-0.2, -0.15) is 0 Å². The summed E-state index contributed by atoms with van der Waals surface area (Å²) in [6, 6.07) is 13.1. The Balaban J connectivity index is 1.59. The van der Waals surface area contributed by atoms with E-state index in [1.807, 2.05) is 42.3 Å². The largest absolute Gasteiger partial charge is 0.486 e. The highest BCUT2D eigenvalue weighted by Crippen LogP contribution is 2.34. The lowest BCUT2D eigenvalue weighted by molar-refractivity contribution is -0.123. The first-order chi connectivity index (χ1) is 14.9. The van der Waals surface area contributed by atoms with E-state index in [9.17, 15) is 9.59 Å². The van der Waals surface area contributed by atoms with E-state index >= 15 is 0 Å². The number of amides is 2. The fraction of sp³-hybridized carbons (Fsp3) is 0.417. The summed E-state index contributed by atoms with van der Waals surface area (Å²) < 4.78 is 11.3. The van der Waals surface area contributed by atoms with E-state index < -0.39 is 0 Å². The van der Waals surface area contributed by atoms with Gasteiger partial charge in [-0.05, 0) is 48.4 Å². The summed E-state index contributed by atoms with van der Waals surface area (Å²) in [5.74, 6) is 1.53. The zero-order chi connectivity index (χ0) is 22.4. The van der Waals surface area contributed by atoms with Crippen molar-refractivity contribution in [2.75, 3.05) is 33.9 Å². The highest BCUT2D eigenvalue weighted by molar-refractivity contribution is 5.93. The van der Waals surface area contributed by atoms with Gasteiger partial charge in [0.15, 0.2) is 11.5 Å². The number of hydrogen-bond acceptors (Lipinski definition) is 5. The molecule has 0 saturated carbocycles. The van der Waals surface area contributed by atoms with E-state index in [0.29, 0.717) is 25.3 Å². The zero-order valence-electron chi connectivity index (χ0n) is 18.6. The number of nitrogens with one attached hydrogen (secondary N) is 2. The van der Waals surface area contributed by atoms with Crippen molar-refractivity contribution < 1.29 is 19.1 Å². The molecule has 2 N–H and O–H groups in total. The number of likely N-dealkylation sites (N-methyl/N-ethyl adjacent to an activating group) is 1. The van der Waals surface area contributed by atoms with E-state index in [1.54, 1.807) is 19.2 Å². The Morgan fingerprint density at radius 3 is 2.35 bits per heavy atom. The highest BCUT2D eigenvalue weighted by atomic mass is 16.6. The van der Waals surface area contributed by atoms with Crippen molar-refractivity contribution >= 4 is 11.8 Å². The predicted molar refractivity (Wildman–Crippen MR) is 119 cm³/mol. The zero-order valence-corrected chi connectivity index (χ0v) is 18.6. The van der Waals surface area contributed by atoms with Gasteiger partial charge < -0.3 is 20.1 Å². The van der Waals surface area contributed by atoms with Crippen LogP contribution in [0.25, 0.3) is 0 Å². The molecule has 0 saturated heterocycles. The standard InChI is InChI=1S/C24H31N3O4/c1-16(2)23(19-9-10-20-21(13-19)31-12-11-30-20)26-22(28)15-27(4)14-17-5-7-18(8-6-17)24(29)25-3/h5-10,13,16,23H,11-12,14-15H2,1-4H3,(H,25,29)(H,26,28)/t23-/m1/s1. The van der Waals surface area contributed by atoms with Crippen LogP contribution in [-0.2, 0) is 11.3 Å². The molecule has 1 heterocycles. The van der Waals surface area contributed by atoms with E-state index in [0.717, 1.165) is 22.6 Å². The van der Waals surface area contributed by atoms with Gasteiger partial charge >= 0.3 is 0 Å². The minimum atomic E-state index is -0.122. The molecule has 3 rings (SSSR count). The third kappa shape index (κ3) is 5.98. The Morgan fingerprint density at radius 2 is 1.71 bits per heavy atom. The van der Waals surface area contributed by atoms with Gasteiger partial charge in [-0.3, -0.25) is 14.5 Å². The third-order valence-electron chi connectivity index (χ3n) is 5.22. The molecule has 1 aliphatic heterocycles. The van der Waals surface area contributed by atoms with Gasteiger partial charge in [0.25, 0.3) is 5.91 Å². The maximum Gasteiger partial charge on any atom is 0.251 e. The van der Waals surface area contributed by atoms with Crippen LogP contribution in [0.3, 0.4) is 0 Å². The number of nitrogens with zero attached hydrogens (tertiary/aromatic N) is 1. The van der Waals surface area contributed by atoms with Crippen LogP contribution in [0.15, 0.2) is 42.5 Å². The molecule has 0 spiro atoms. The average Bonchev–Trinajstić information content (AvgIpc) is 2.76. The molecular weight excluding hydrogens is 394 g/mol. The van der Waals surface area contributed by atoms with Crippen molar-refractivity contribution in [3.63, 3.8) is 0 Å². The topological polar surface area (TPSA) is 79.9 Å². The van der Waals surface area contributed by atoms with Crippen LogP contribution in [0.1, 0.15) is 41.4 Å². The lowest BCUT2D eigenvalue weighted by Crippen LogP contribution is -2.38. The van der Waals surface area contributed by atoms with Crippen LogP contribution in [0.5, 0.6) is 11.5 Å². The number of rotatable bonds is 8. The summed E-state index contributed by atoms with van der Waals surface area (Å²) in [6.45, 7) is 6.13. The maximum absolute atomic E-state index is 12.7. The summed E-state index contributed by atoms with van der Waals surface area (Å²) in [5, 5.41) is 5.77. The van der Waals surface area contributed by atoms with Gasteiger partial charge in [-0.15, -0.1) is 0 Å². The molecule has 2 aromatic rings. The summed E-state index contributed by atoms with van der Waals surface area (Å²) in [7, 11) is 3.51. The van der Waals surface area contributed by atoms with Crippen LogP contribution in [0, 0.1) is 5.92 Å². The smallest absolute Gasteiger partial charge is 0.251 e. The second kappa shape index (κ2) is 10.3. The van der Waals surface area contributed by atoms with E-state index in [2.05, 4.69) is 24.5 Å². The Hall–Kier alpha value is -3.06. The molecule has 7 nitrogen and oxygen atoms in total. The Bertz CT molecular complexity index is 912. The molecule has 1 atom stereocenters. The van der Waals surface area contributed by atoms with Crippen LogP contribution in [-0.4, -0.2) is 50.6 Å². The number of benzene rings is 2. The van der Waals surface area contributed by atoms with Crippen molar-refractivity contribution in [3.8, 4) is 11.5 Å². The molecule has 0 aromatic heterocycles. The first-order valence-corrected chi connectivity index (χ1v) is 10.6. The molecule has 2 aromatic carbocycles. The van der Waals surface area contributed by atoms with Crippen LogP contribution >= 0.6 is 0 Å². The van der Waals surface area contributed by atoms with Gasteiger partial charge in [0.2, 0.25) is 5.91 Å². The van der Waals surface area contributed by atoms with Crippen molar-refractivity contribution in [2.45, 2.75) is 26.4 Å². The summed E-state index contributed by atoms with van der Waals surface area (Å²) in [5.41, 5.74) is 2.65. The fourth-order valence-corrected chi connectivity index (χ4v) is 3.63. The van der Waals surface area contributed by atoms with Crippen molar-refractivity contribution in [3.05, 3.63) is 59.2 Å². The highest BCUT2D eigenvalue weighted by Gasteiger charge is 2.22. The molecule has 2 amide bonds. The van der Waals surface area contributed by atoms with Gasteiger partial charge in [0.05, 0.1) is 12.6 Å². The molecule has 0 unspecified atom stereocenters. The molecule has 0 aliphatic carbocycles. The van der Waals surface area contributed by atoms with E-state index in [4.69, 9.17) is 9.47 Å². The molecule has 0 fully saturated rings. The predicted octanol–water partition coefficient (Wildman–Crippen LogP) is 2.76. The fourth-order valence-electron chi connectivity index (χ4n) is 3.63. The monoisotopic (exact) mass is 425 g/mol. The summed E-state index contributed by atoms with van der Waals surface area (Å²) in [4.78, 5) is 26.3. The SMILES string of the molecule is CNC(=O)c1ccc(CN(C)CC(=O)N[C@@H](c2ccc3c(c2)OCCO3)C(C)C)cc1. The second-order valence-corrected chi connectivity index (χ2v) is 8.14. The van der Waals surface area contributed by atoms with Gasteiger partial charge in [-0.1, -0.05) is 32.0 Å². The Morgan fingerprint density at radius 1 is 1.03 bits per heavy atom. The molecule has 7 heteroatoms. The lowest BCUT2D eigenvalue weighted by atomic mass is 9.95.